The van der Waals surface area contributed by atoms with Gasteiger partial charge in [-0.05, 0) is 36.0 Å². The highest BCUT2D eigenvalue weighted by molar-refractivity contribution is 7.71. The van der Waals surface area contributed by atoms with Crippen molar-refractivity contribution >= 4 is 23.8 Å². The maximum absolute atomic E-state index is 5.88. The number of nitrogens with one attached hydrogen (secondary N) is 1. The van der Waals surface area contributed by atoms with Gasteiger partial charge in [0.15, 0.2) is 4.77 Å². The maximum atomic E-state index is 5.88. The first-order chi connectivity index (χ1) is 6.75. The summed E-state index contributed by atoms with van der Waals surface area (Å²) < 4.78 is 0.475. The summed E-state index contributed by atoms with van der Waals surface area (Å²) in [5, 5.41) is 0.707. The van der Waals surface area contributed by atoms with Crippen molar-refractivity contribution in [1.29, 1.82) is 0 Å². The van der Waals surface area contributed by atoms with Crippen LogP contribution < -0.4 is 0 Å². The van der Waals surface area contributed by atoms with Crippen molar-refractivity contribution < 1.29 is 0 Å². The van der Waals surface area contributed by atoms with E-state index in [-0.39, 0.29) is 0 Å². The molecule has 0 saturated heterocycles. The first-order valence-corrected chi connectivity index (χ1v) is 4.85. The minimum absolute atomic E-state index is 0.475. The molecule has 0 aliphatic heterocycles. The number of nitrogens with zero attached hydrogens (tertiary/aromatic N) is 1. The Hall–Kier alpha value is -1.19. The van der Waals surface area contributed by atoms with Gasteiger partial charge in [0.25, 0.3) is 0 Å². The lowest BCUT2D eigenvalue weighted by Gasteiger charge is -2.00. The van der Waals surface area contributed by atoms with E-state index in [1.165, 1.54) is 0 Å². The molecule has 0 fully saturated rings. The van der Waals surface area contributed by atoms with Crippen molar-refractivity contribution in [2.75, 3.05) is 0 Å². The quantitative estimate of drug-likeness (QED) is 0.749. The average molecular weight is 223 g/mol. The third kappa shape index (κ3) is 2.00. The summed E-state index contributed by atoms with van der Waals surface area (Å²) in [5.74, 6) is 0. The molecule has 2 nitrogen and oxygen atoms in total. The molecule has 0 atom stereocenters. The first-order valence-electron chi connectivity index (χ1n) is 4.07. The van der Waals surface area contributed by atoms with Crippen molar-refractivity contribution in [3.63, 3.8) is 0 Å². The molecule has 0 spiro atoms. The molecule has 2 aromatic rings. The Labute approximate surface area is 91.6 Å². The Bertz CT molecular complexity index is 507. The summed E-state index contributed by atoms with van der Waals surface area (Å²) in [6.07, 6.45) is 1.68. The van der Waals surface area contributed by atoms with E-state index in [2.05, 4.69) is 9.97 Å². The highest BCUT2D eigenvalue weighted by Gasteiger charge is 1.97. The van der Waals surface area contributed by atoms with Gasteiger partial charge in [-0.15, -0.1) is 0 Å². The monoisotopic (exact) mass is 222 g/mol. The molecule has 70 valence electrons. The standard InChI is InChI=1S/C10H7ClN2S/c11-8-3-1-2-7(6-8)9-4-5-12-10(14)13-9/h1-6H,(H,12,13,14). The van der Waals surface area contributed by atoms with Crippen LogP contribution in [0.15, 0.2) is 36.5 Å². The van der Waals surface area contributed by atoms with Crippen LogP contribution >= 0.6 is 23.8 Å². The fourth-order valence-corrected chi connectivity index (χ4v) is 1.55. The van der Waals surface area contributed by atoms with Crippen molar-refractivity contribution in [1.82, 2.24) is 9.97 Å². The predicted octanol–water partition coefficient (Wildman–Crippen LogP) is 3.46. The largest absolute Gasteiger partial charge is 0.330 e. The lowest BCUT2D eigenvalue weighted by Crippen LogP contribution is -1.85. The van der Waals surface area contributed by atoms with Gasteiger partial charge in [0, 0.05) is 16.9 Å². The number of aromatic amines is 1. The number of hydrogen-bond donors (Lipinski definition) is 1. The van der Waals surface area contributed by atoms with E-state index in [4.69, 9.17) is 23.8 Å². The number of hydrogen-bond acceptors (Lipinski definition) is 2. The Balaban J connectivity index is 2.55. The lowest BCUT2D eigenvalue weighted by atomic mass is 10.1. The zero-order valence-corrected chi connectivity index (χ0v) is 8.77. The van der Waals surface area contributed by atoms with Crippen LogP contribution in [0.5, 0.6) is 0 Å². The van der Waals surface area contributed by atoms with E-state index < -0.39 is 0 Å². The second-order valence-electron chi connectivity index (χ2n) is 2.80. The molecule has 1 heterocycles. The molecule has 0 radical (unpaired) electrons. The molecule has 14 heavy (non-hydrogen) atoms. The van der Waals surface area contributed by atoms with Crippen LogP contribution in [-0.2, 0) is 0 Å². The molecule has 2 rings (SSSR count). The van der Waals surface area contributed by atoms with E-state index in [1.54, 1.807) is 6.20 Å². The summed E-state index contributed by atoms with van der Waals surface area (Å²) in [7, 11) is 0. The average Bonchev–Trinajstić information content (AvgIpc) is 2.18. The molecule has 4 heteroatoms. The molecule has 1 aromatic carbocycles. The van der Waals surface area contributed by atoms with Crippen molar-refractivity contribution in [3.8, 4) is 11.3 Å². The lowest BCUT2D eigenvalue weighted by molar-refractivity contribution is 1.14. The molecule has 1 aromatic heterocycles. The van der Waals surface area contributed by atoms with Crippen molar-refractivity contribution in [2.45, 2.75) is 0 Å². The molecule has 0 amide bonds. The smallest absolute Gasteiger partial charge is 0.197 e. The summed E-state index contributed by atoms with van der Waals surface area (Å²) in [6, 6.07) is 9.44. The van der Waals surface area contributed by atoms with Gasteiger partial charge in [-0.3, -0.25) is 0 Å². The number of aromatic nitrogens is 2. The van der Waals surface area contributed by atoms with Crippen molar-refractivity contribution in [3.05, 3.63) is 46.3 Å². The fourth-order valence-electron chi connectivity index (χ4n) is 1.19. The van der Waals surface area contributed by atoms with E-state index in [0.29, 0.717) is 9.79 Å². The second-order valence-corrected chi connectivity index (χ2v) is 3.62. The summed E-state index contributed by atoms with van der Waals surface area (Å²) in [6.45, 7) is 0. The summed E-state index contributed by atoms with van der Waals surface area (Å²) in [4.78, 5) is 6.91. The van der Waals surface area contributed by atoms with E-state index in [0.717, 1.165) is 11.3 Å². The van der Waals surface area contributed by atoms with E-state index >= 15 is 0 Å². The number of rotatable bonds is 1. The Morgan fingerprint density at radius 2 is 2.14 bits per heavy atom. The zero-order chi connectivity index (χ0) is 9.97. The second kappa shape index (κ2) is 3.90. The molecule has 0 unspecified atom stereocenters. The van der Waals surface area contributed by atoms with E-state index in [1.807, 2.05) is 30.3 Å². The van der Waals surface area contributed by atoms with Crippen LogP contribution in [0, 0.1) is 4.77 Å². The summed E-state index contributed by atoms with van der Waals surface area (Å²) >= 11 is 10.8. The normalized spacial score (nSPS) is 10.1. The molecular formula is C10H7ClN2S. The van der Waals surface area contributed by atoms with Gasteiger partial charge in [0.1, 0.15) is 0 Å². The van der Waals surface area contributed by atoms with Crippen molar-refractivity contribution in [2.24, 2.45) is 0 Å². The maximum Gasteiger partial charge on any atom is 0.197 e. The van der Waals surface area contributed by atoms with Gasteiger partial charge in [-0.25, -0.2) is 4.98 Å². The third-order valence-corrected chi connectivity index (χ3v) is 2.25. The number of halogens is 1. The highest BCUT2D eigenvalue weighted by atomic mass is 35.5. The third-order valence-electron chi connectivity index (χ3n) is 1.81. The predicted molar refractivity (Wildman–Crippen MR) is 59.9 cm³/mol. The summed E-state index contributed by atoms with van der Waals surface area (Å²) in [5.41, 5.74) is 1.93. The van der Waals surface area contributed by atoms with Gasteiger partial charge in [-0.2, -0.15) is 0 Å². The van der Waals surface area contributed by atoms with Gasteiger partial charge in [0.05, 0.1) is 0 Å². The van der Waals surface area contributed by atoms with Crippen LogP contribution in [0.1, 0.15) is 0 Å². The molecular weight excluding hydrogens is 216 g/mol. The SMILES string of the molecule is S=c1nccc(-c2cccc(Cl)c2)[nH]1. The van der Waals surface area contributed by atoms with Gasteiger partial charge in [-0.1, -0.05) is 23.7 Å². The number of benzene rings is 1. The topological polar surface area (TPSA) is 28.7 Å². The molecule has 0 bridgehead atoms. The molecule has 1 N–H and O–H groups in total. The highest BCUT2D eigenvalue weighted by Crippen LogP contribution is 2.19. The molecule has 0 aliphatic carbocycles. The van der Waals surface area contributed by atoms with Crippen LogP contribution in [-0.4, -0.2) is 9.97 Å². The molecule has 0 aliphatic rings. The zero-order valence-electron chi connectivity index (χ0n) is 7.20. The first kappa shape index (κ1) is 9.37. The minimum Gasteiger partial charge on any atom is -0.330 e. The van der Waals surface area contributed by atoms with Crippen LogP contribution in [0.2, 0.25) is 5.02 Å². The minimum atomic E-state index is 0.475. The molecule has 0 saturated carbocycles. The van der Waals surface area contributed by atoms with Crippen LogP contribution in [0.25, 0.3) is 11.3 Å². The van der Waals surface area contributed by atoms with Gasteiger partial charge >= 0.3 is 0 Å². The van der Waals surface area contributed by atoms with Gasteiger partial charge in [0.2, 0.25) is 0 Å². The Morgan fingerprint density at radius 3 is 2.86 bits per heavy atom. The van der Waals surface area contributed by atoms with Crippen LogP contribution in [0.4, 0.5) is 0 Å². The fraction of sp³-hybridized carbons (Fsp3) is 0. The Morgan fingerprint density at radius 1 is 1.29 bits per heavy atom. The van der Waals surface area contributed by atoms with Crippen LogP contribution in [0.3, 0.4) is 0 Å². The van der Waals surface area contributed by atoms with Gasteiger partial charge < -0.3 is 4.98 Å². The number of H-pyrrole nitrogens is 1. The van der Waals surface area contributed by atoms with E-state index in [9.17, 15) is 0 Å². The Kier molecular flexibility index (Phi) is 2.61.